The zero-order chi connectivity index (χ0) is 15.2. The summed E-state index contributed by atoms with van der Waals surface area (Å²) in [6.07, 6.45) is 1.62. The van der Waals surface area contributed by atoms with E-state index in [-0.39, 0.29) is 18.0 Å². The van der Waals surface area contributed by atoms with E-state index in [4.69, 9.17) is 10.4 Å². The number of benzene rings is 1. The van der Waals surface area contributed by atoms with Crippen LogP contribution in [-0.2, 0) is 10.0 Å². The molecule has 0 bridgehead atoms. The highest BCUT2D eigenvalue weighted by Crippen LogP contribution is 2.19. The van der Waals surface area contributed by atoms with E-state index in [1.165, 1.54) is 22.5 Å². The number of sulfonamides is 1. The number of aryl methyl sites for hydroxylation is 1. The van der Waals surface area contributed by atoms with Gasteiger partial charge in [-0.3, -0.25) is 0 Å². The van der Waals surface area contributed by atoms with Crippen LogP contribution in [0.2, 0.25) is 0 Å². The molecule has 20 heavy (non-hydrogen) atoms. The fourth-order valence-electron chi connectivity index (χ4n) is 1.87. The second-order valence-corrected chi connectivity index (χ2v) is 6.51. The molecule has 1 aromatic carbocycles. The van der Waals surface area contributed by atoms with Crippen molar-refractivity contribution in [2.45, 2.75) is 31.6 Å². The molecule has 0 fully saturated rings. The first kappa shape index (κ1) is 16.6. The van der Waals surface area contributed by atoms with Gasteiger partial charge in [-0.2, -0.15) is 9.57 Å². The van der Waals surface area contributed by atoms with Crippen LogP contribution < -0.4 is 0 Å². The molecule has 0 saturated heterocycles. The van der Waals surface area contributed by atoms with Crippen molar-refractivity contribution in [3.05, 3.63) is 29.3 Å². The fraction of sp³-hybridized carbons (Fsp3) is 0.500. The Kier molecular flexibility index (Phi) is 6.14. The van der Waals surface area contributed by atoms with E-state index in [2.05, 4.69) is 0 Å². The molecule has 0 radical (unpaired) electrons. The van der Waals surface area contributed by atoms with Gasteiger partial charge in [-0.25, -0.2) is 8.42 Å². The second kappa shape index (κ2) is 7.39. The van der Waals surface area contributed by atoms with Gasteiger partial charge in [-0.15, -0.1) is 0 Å². The van der Waals surface area contributed by atoms with Gasteiger partial charge in [0.25, 0.3) is 0 Å². The molecule has 0 atom stereocenters. The molecule has 0 amide bonds. The van der Waals surface area contributed by atoms with Crippen LogP contribution in [0, 0.1) is 18.3 Å². The van der Waals surface area contributed by atoms with Crippen LogP contribution in [0.4, 0.5) is 0 Å². The first-order chi connectivity index (χ1) is 9.47. The van der Waals surface area contributed by atoms with Crippen LogP contribution in [0.1, 0.15) is 30.9 Å². The maximum Gasteiger partial charge on any atom is 0.243 e. The summed E-state index contributed by atoms with van der Waals surface area (Å²) >= 11 is 0. The Morgan fingerprint density at radius 1 is 1.35 bits per heavy atom. The predicted octanol–water partition coefficient (Wildman–Crippen LogP) is 1.65. The molecule has 110 valence electrons. The molecule has 0 heterocycles. The Balaban J connectivity index is 3.12. The van der Waals surface area contributed by atoms with Crippen molar-refractivity contribution >= 4 is 10.0 Å². The van der Waals surface area contributed by atoms with Gasteiger partial charge < -0.3 is 5.11 Å². The maximum absolute atomic E-state index is 12.5. The maximum atomic E-state index is 12.5. The normalized spacial score (nSPS) is 11.6. The van der Waals surface area contributed by atoms with Gasteiger partial charge >= 0.3 is 0 Å². The zero-order valence-electron chi connectivity index (χ0n) is 11.8. The van der Waals surface area contributed by atoms with E-state index in [0.29, 0.717) is 17.7 Å². The van der Waals surface area contributed by atoms with E-state index in [1.54, 1.807) is 6.92 Å². The summed E-state index contributed by atoms with van der Waals surface area (Å²) in [4.78, 5) is 0.165. The number of hydrogen-bond acceptors (Lipinski definition) is 4. The highest BCUT2D eigenvalue weighted by molar-refractivity contribution is 7.89. The van der Waals surface area contributed by atoms with E-state index >= 15 is 0 Å². The smallest absolute Gasteiger partial charge is 0.243 e. The molecule has 1 N–H and O–H groups in total. The Morgan fingerprint density at radius 3 is 2.55 bits per heavy atom. The van der Waals surface area contributed by atoms with Crippen molar-refractivity contribution in [2.24, 2.45) is 0 Å². The minimum Gasteiger partial charge on any atom is -0.395 e. The van der Waals surface area contributed by atoms with Gasteiger partial charge in [0, 0.05) is 13.1 Å². The van der Waals surface area contributed by atoms with Gasteiger partial charge in [0.15, 0.2) is 0 Å². The number of aliphatic hydroxyl groups is 1. The molecule has 0 aliphatic rings. The number of aliphatic hydroxyl groups excluding tert-OH is 1. The molecule has 1 rings (SSSR count). The molecule has 5 nitrogen and oxygen atoms in total. The lowest BCUT2D eigenvalue weighted by Crippen LogP contribution is -2.34. The predicted molar refractivity (Wildman–Crippen MR) is 76.6 cm³/mol. The average Bonchev–Trinajstić information content (AvgIpc) is 2.43. The molecule has 0 spiro atoms. The minimum atomic E-state index is -3.62. The lowest BCUT2D eigenvalue weighted by atomic mass is 10.1. The number of hydrogen-bond donors (Lipinski definition) is 1. The Bertz CT molecular complexity index is 591. The van der Waals surface area contributed by atoms with Gasteiger partial charge in [0.1, 0.15) is 0 Å². The van der Waals surface area contributed by atoms with Crippen LogP contribution in [0.3, 0.4) is 0 Å². The van der Waals surface area contributed by atoms with Crippen molar-refractivity contribution in [1.82, 2.24) is 4.31 Å². The standard InChI is InChI=1S/C14H20N2O3S/c1-3-4-7-16(8-9-17)20(18,19)14-6-5-13(11-15)12(2)10-14/h5-6,10,17H,3-4,7-9H2,1-2H3. The van der Waals surface area contributed by atoms with Crippen molar-refractivity contribution in [3.8, 4) is 6.07 Å². The third-order valence-electron chi connectivity index (χ3n) is 3.07. The number of nitriles is 1. The van der Waals surface area contributed by atoms with Gasteiger partial charge in [-0.1, -0.05) is 13.3 Å². The third-order valence-corrected chi connectivity index (χ3v) is 4.96. The summed E-state index contributed by atoms with van der Waals surface area (Å²) in [7, 11) is -3.62. The fourth-order valence-corrected chi connectivity index (χ4v) is 3.42. The van der Waals surface area contributed by atoms with Gasteiger partial charge in [0.05, 0.1) is 23.1 Å². The highest BCUT2D eigenvalue weighted by Gasteiger charge is 2.23. The highest BCUT2D eigenvalue weighted by atomic mass is 32.2. The van der Waals surface area contributed by atoms with E-state index in [0.717, 1.165) is 12.8 Å². The van der Waals surface area contributed by atoms with Crippen LogP contribution in [0.5, 0.6) is 0 Å². The SMILES string of the molecule is CCCCN(CCO)S(=O)(=O)c1ccc(C#N)c(C)c1. The minimum absolute atomic E-state index is 0.0847. The summed E-state index contributed by atoms with van der Waals surface area (Å²) in [5.41, 5.74) is 1.10. The molecule has 0 aliphatic heterocycles. The first-order valence-electron chi connectivity index (χ1n) is 6.59. The molecule has 6 heteroatoms. The molecule has 0 unspecified atom stereocenters. The quantitative estimate of drug-likeness (QED) is 0.829. The molecular weight excluding hydrogens is 276 g/mol. The van der Waals surface area contributed by atoms with Gasteiger partial charge in [-0.05, 0) is 37.1 Å². The van der Waals surface area contributed by atoms with Crippen LogP contribution in [0.15, 0.2) is 23.1 Å². The number of unbranched alkanes of at least 4 members (excludes halogenated alkanes) is 1. The summed E-state index contributed by atoms with van der Waals surface area (Å²) in [6, 6.07) is 6.47. The largest absolute Gasteiger partial charge is 0.395 e. The summed E-state index contributed by atoms with van der Waals surface area (Å²) in [5.74, 6) is 0. The lowest BCUT2D eigenvalue weighted by molar-refractivity contribution is 0.252. The van der Waals surface area contributed by atoms with Gasteiger partial charge in [0.2, 0.25) is 10.0 Å². The zero-order valence-corrected chi connectivity index (χ0v) is 12.7. The van der Waals surface area contributed by atoms with Crippen molar-refractivity contribution < 1.29 is 13.5 Å². The number of nitrogens with zero attached hydrogens (tertiary/aromatic N) is 2. The Hall–Kier alpha value is -1.42. The molecule has 0 saturated carbocycles. The van der Waals surface area contributed by atoms with E-state index in [1.807, 2.05) is 13.0 Å². The number of rotatable bonds is 7. The summed E-state index contributed by atoms with van der Waals surface area (Å²) < 4.78 is 26.3. The Morgan fingerprint density at radius 2 is 2.05 bits per heavy atom. The third kappa shape index (κ3) is 3.79. The second-order valence-electron chi connectivity index (χ2n) is 4.57. The molecule has 0 aliphatic carbocycles. The molecule has 1 aromatic rings. The Labute approximate surface area is 120 Å². The van der Waals surface area contributed by atoms with Crippen molar-refractivity contribution in [2.75, 3.05) is 19.7 Å². The average molecular weight is 296 g/mol. The van der Waals surface area contributed by atoms with E-state index < -0.39 is 10.0 Å². The van der Waals surface area contributed by atoms with E-state index in [9.17, 15) is 8.42 Å². The van der Waals surface area contributed by atoms with Crippen molar-refractivity contribution in [1.29, 1.82) is 5.26 Å². The monoisotopic (exact) mass is 296 g/mol. The summed E-state index contributed by atoms with van der Waals surface area (Å²) in [6.45, 7) is 3.95. The first-order valence-corrected chi connectivity index (χ1v) is 8.03. The topological polar surface area (TPSA) is 81.4 Å². The molecule has 0 aromatic heterocycles. The van der Waals surface area contributed by atoms with Crippen LogP contribution in [-0.4, -0.2) is 37.5 Å². The van der Waals surface area contributed by atoms with Crippen LogP contribution in [0.25, 0.3) is 0 Å². The van der Waals surface area contributed by atoms with Crippen molar-refractivity contribution in [3.63, 3.8) is 0 Å². The lowest BCUT2D eigenvalue weighted by Gasteiger charge is -2.21. The van der Waals surface area contributed by atoms with Crippen LogP contribution >= 0.6 is 0 Å². The summed E-state index contributed by atoms with van der Waals surface area (Å²) in [5, 5.41) is 17.9. The molecular formula is C14H20N2O3S.